The van der Waals surface area contributed by atoms with Crippen molar-refractivity contribution in [3.8, 4) is 17.1 Å². The van der Waals surface area contributed by atoms with Crippen LogP contribution >= 0.6 is 11.6 Å². The second-order valence-corrected chi connectivity index (χ2v) is 9.22. The molecule has 0 bridgehead atoms. The molecule has 0 spiro atoms. The summed E-state index contributed by atoms with van der Waals surface area (Å²) in [6, 6.07) is 5.60. The van der Waals surface area contributed by atoms with Gasteiger partial charge in [-0.25, -0.2) is 19.2 Å². The van der Waals surface area contributed by atoms with Crippen molar-refractivity contribution in [3.63, 3.8) is 0 Å². The van der Waals surface area contributed by atoms with Crippen molar-refractivity contribution in [2.24, 2.45) is 5.92 Å². The Morgan fingerprint density at radius 1 is 1.15 bits per heavy atom. The summed E-state index contributed by atoms with van der Waals surface area (Å²) in [4.78, 5) is 20.8. The Morgan fingerprint density at radius 3 is 2.52 bits per heavy atom. The number of halogens is 2. The lowest BCUT2D eigenvalue weighted by Crippen LogP contribution is -2.30. The molecule has 2 aromatic rings. The van der Waals surface area contributed by atoms with E-state index in [2.05, 4.69) is 16.9 Å². The highest BCUT2D eigenvalue weighted by molar-refractivity contribution is 6.32. The van der Waals surface area contributed by atoms with Gasteiger partial charge in [-0.3, -0.25) is 0 Å². The third-order valence-corrected chi connectivity index (χ3v) is 6.35. The summed E-state index contributed by atoms with van der Waals surface area (Å²) in [5.41, 5.74) is 1.97. The van der Waals surface area contributed by atoms with Crippen LogP contribution < -0.4 is 4.74 Å². The van der Waals surface area contributed by atoms with Crippen LogP contribution in [0.3, 0.4) is 0 Å². The van der Waals surface area contributed by atoms with Gasteiger partial charge in [0.2, 0.25) is 0 Å². The van der Waals surface area contributed by atoms with Crippen molar-refractivity contribution in [1.82, 2.24) is 9.97 Å². The molecule has 3 rings (SSSR count). The fraction of sp³-hybridized carbons (Fsp3) is 0.577. The molecule has 0 N–H and O–H groups in total. The van der Waals surface area contributed by atoms with Crippen molar-refractivity contribution in [1.29, 1.82) is 0 Å². The van der Waals surface area contributed by atoms with Crippen LogP contribution in [0, 0.1) is 5.92 Å². The van der Waals surface area contributed by atoms with Gasteiger partial charge in [0, 0.05) is 18.0 Å². The second kappa shape index (κ2) is 12.9. The summed E-state index contributed by atoms with van der Waals surface area (Å²) < 4.78 is 25.2. The number of aromatic nitrogens is 2. The molecule has 0 unspecified atom stereocenters. The van der Waals surface area contributed by atoms with Crippen LogP contribution in [0.2, 0.25) is 5.02 Å². The summed E-state index contributed by atoms with van der Waals surface area (Å²) in [7, 11) is 0. The number of carbonyl (C=O) groups excluding carboxylic acids is 1. The summed E-state index contributed by atoms with van der Waals surface area (Å²) in [5, 5.41) is 0.525. The Hall–Kier alpha value is -2.21. The lowest BCUT2D eigenvalue weighted by Gasteiger charge is -2.28. The van der Waals surface area contributed by atoms with Crippen LogP contribution in [0.4, 0.5) is 4.39 Å². The third-order valence-electron chi connectivity index (χ3n) is 6.05. The number of benzene rings is 1. The molecule has 1 aliphatic rings. The Bertz CT molecular complexity index is 886. The Kier molecular flexibility index (Phi) is 9.92. The van der Waals surface area contributed by atoms with Crippen molar-refractivity contribution in [2.45, 2.75) is 83.9 Å². The first-order valence-electron chi connectivity index (χ1n) is 12.1. The van der Waals surface area contributed by atoms with Crippen LogP contribution in [-0.2, 0) is 16.0 Å². The van der Waals surface area contributed by atoms with Crippen LogP contribution in [-0.4, -0.2) is 34.8 Å². The minimum Gasteiger partial charge on any atom is -0.492 e. The quantitative estimate of drug-likeness (QED) is 0.335. The highest BCUT2D eigenvalue weighted by atomic mass is 35.5. The van der Waals surface area contributed by atoms with Crippen LogP contribution in [0.25, 0.3) is 11.4 Å². The standard InChI is InChI=1S/C26H34ClFN2O3/c1-3-5-7-23(28)26(31)33-21-11-8-18(9-12-21)17-32-24-13-10-20(14-22(24)27)25-29-15-19(6-4-2)16-30-25/h10,13-16,18,21,23H,3-9,11-12,17H2,1-2H3/t18?,21?,23-/m0/s1. The molecule has 0 saturated heterocycles. The number of hydrogen-bond acceptors (Lipinski definition) is 5. The number of rotatable bonds is 11. The zero-order valence-electron chi connectivity index (χ0n) is 19.6. The minimum atomic E-state index is -1.50. The van der Waals surface area contributed by atoms with Gasteiger partial charge in [-0.15, -0.1) is 0 Å². The molecule has 1 atom stereocenters. The van der Waals surface area contributed by atoms with E-state index in [-0.39, 0.29) is 12.5 Å². The summed E-state index contributed by atoms with van der Waals surface area (Å²) in [6.07, 6.45) is 9.06. The maximum atomic E-state index is 13.8. The highest BCUT2D eigenvalue weighted by Gasteiger charge is 2.27. The maximum Gasteiger partial charge on any atom is 0.340 e. The first-order chi connectivity index (χ1) is 16.0. The molecule has 0 aliphatic heterocycles. The van der Waals surface area contributed by atoms with Crippen molar-refractivity contribution in [2.75, 3.05) is 6.61 Å². The molecule has 1 aliphatic carbocycles. The number of carbonyl (C=O) groups is 1. The topological polar surface area (TPSA) is 61.3 Å². The number of esters is 1. The van der Waals surface area contributed by atoms with Crippen molar-refractivity contribution < 1.29 is 18.7 Å². The third kappa shape index (κ3) is 7.66. The Balaban J connectivity index is 1.45. The smallest absolute Gasteiger partial charge is 0.340 e. The van der Waals surface area contributed by atoms with E-state index in [1.807, 2.05) is 37.5 Å². The van der Waals surface area contributed by atoms with Gasteiger partial charge < -0.3 is 9.47 Å². The van der Waals surface area contributed by atoms with Gasteiger partial charge in [-0.1, -0.05) is 44.7 Å². The molecule has 33 heavy (non-hydrogen) atoms. The summed E-state index contributed by atoms with van der Waals surface area (Å²) in [5.74, 6) is 0.916. The molecule has 1 aromatic heterocycles. The molecule has 5 nitrogen and oxygen atoms in total. The van der Waals surface area contributed by atoms with Gasteiger partial charge in [0.25, 0.3) is 0 Å². The van der Waals surface area contributed by atoms with Gasteiger partial charge in [0.1, 0.15) is 11.9 Å². The van der Waals surface area contributed by atoms with Gasteiger partial charge in [0.15, 0.2) is 12.0 Å². The maximum absolute atomic E-state index is 13.8. The molecular formula is C26H34ClFN2O3. The number of ether oxygens (including phenoxy) is 2. The minimum absolute atomic E-state index is 0.194. The number of alkyl halides is 1. The molecule has 0 radical (unpaired) electrons. The molecular weight excluding hydrogens is 443 g/mol. The number of aryl methyl sites for hydroxylation is 1. The van der Waals surface area contributed by atoms with E-state index >= 15 is 0 Å². The van der Waals surface area contributed by atoms with Gasteiger partial charge in [0.05, 0.1) is 11.6 Å². The fourth-order valence-electron chi connectivity index (χ4n) is 4.04. The molecule has 0 amide bonds. The second-order valence-electron chi connectivity index (χ2n) is 8.81. The summed E-state index contributed by atoms with van der Waals surface area (Å²) in [6.45, 7) is 4.65. The zero-order valence-corrected chi connectivity index (χ0v) is 20.3. The lowest BCUT2D eigenvalue weighted by molar-refractivity contribution is -0.157. The van der Waals surface area contributed by atoms with E-state index < -0.39 is 12.1 Å². The van der Waals surface area contributed by atoms with E-state index in [9.17, 15) is 9.18 Å². The highest BCUT2D eigenvalue weighted by Crippen LogP contribution is 2.32. The van der Waals surface area contributed by atoms with E-state index in [0.717, 1.165) is 56.1 Å². The Labute approximate surface area is 201 Å². The fourth-order valence-corrected chi connectivity index (χ4v) is 4.28. The normalized spacial score (nSPS) is 19.2. The lowest BCUT2D eigenvalue weighted by atomic mass is 9.88. The number of unbranched alkanes of at least 4 members (excludes halogenated alkanes) is 1. The average Bonchev–Trinajstić information content (AvgIpc) is 2.83. The SMILES string of the molecule is CCCC[C@H](F)C(=O)OC1CCC(COc2ccc(-c3ncc(CCC)cn3)cc2Cl)CC1. The van der Waals surface area contributed by atoms with Gasteiger partial charge >= 0.3 is 5.97 Å². The molecule has 1 aromatic carbocycles. The molecule has 180 valence electrons. The number of hydrogen-bond donors (Lipinski definition) is 0. The molecule has 1 heterocycles. The zero-order chi connectivity index (χ0) is 23.6. The molecule has 7 heteroatoms. The predicted octanol–water partition coefficient (Wildman–Crippen LogP) is 6.76. The Morgan fingerprint density at radius 2 is 1.88 bits per heavy atom. The van der Waals surface area contributed by atoms with Gasteiger partial charge in [-0.05, 0) is 68.2 Å². The van der Waals surface area contributed by atoms with E-state index in [1.54, 1.807) is 0 Å². The molecule has 1 saturated carbocycles. The average molecular weight is 477 g/mol. The van der Waals surface area contributed by atoms with E-state index in [0.29, 0.717) is 35.5 Å². The van der Waals surface area contributed by atoms with Crippen molar-refractivity contribution >= 4 is 17.6 Å². The predicted molar refractivity (Wildman–Crippen MR) is 128 cm³/mol. The van der Waals surface area contributed by atoms with E-state index in [1.165, 1.54) is 0 Å². The van der Waals surface area contributed by atoms with Crippen molar-refractivity contribution in [3.05, 3.63) is 41.2 Å². The molecule has 1 fully saturated rings. The monoisotopic (exact) mass is 476 g/mol. The first kappa shape index (κ1) is 25.4. The summed E-state index contributed by atoms with van der Waals surface area (Å²) >= 11 is 6.45. The first-order valence-corrected chi connectivity index (χ1v) is 12.5. The van der Waals surface area contributed by atoms with Crippen LogP contribution in [0.5, 0.6) is 5.75 Å². The van der Waals surface area contributed by atoms with E-state index in [4.69, 9.17) is 21.1 Å². The largest absolute Gasteiger partial charge is 0.492 e. The van der Waals surface area contributed by atoms with Crippen LogP contribution in [0.15, 0.2) is 30.6 Å². The van der Waals surface area contributed by atoms with Crippen LogP contribution in [0.1, 0.15) is 70.8 Å². The number of nitrogens with zero attached hydrogens (tertiary/aromatic N) is 2. The van der Waals surface area contributed by atoms with Gasteiger partial charge in [-0.2, -0.15) is 0 Å².